The number of carbonyl (C=O) groups is 1. The minimum atomic E-state index is -4.56. The summed E-state index contributed by atoms with van der Waals surface area (Å²) in [4.78, 5) is 7.92. The van der Waals surface area contributed by atoms with Crippen LogP contribution in [0.15, 0.2) is 78.9 Å². The highest BCUT2D eigenvalue weighted by atomic mass is 35.5. The smallest absolute Gasteiger partial charge is 0.435 e. The number of amides is 1. The molecule has 0 unspecified atom stereocenters. The Hall–Kier alpha value is -3.43. The summed E-state index contributed by atoms with van der Waals surface area (Å²) in [6.45, 7) is 0.0326. The number of phenolic OH excluding ortho intramolecular Hbond substituents is 1. The van der Waals surface area contributed by atoms with E-state index in [1.807, 2.05) is 12.1 Å². The summed E-state index contributed by atoms with van der Waals surface area (Å²) < 4.78 is 46.3. The Morgan fingerprint density at radius 2 is 1.63 bits per heavy atom. The van der Waals surface area contributed by atoms with E-state index in [0.717, 1.165) is 17.2 Å². The number of benzene rings is 2. The number of hydrogen-bond acceptors (Lipinski definition) is 4. The Morgan fingerprint density at radius 3 is 2.17 bits per heavy atom. The lowest BCUT2D eigenvalue weighted by atomic mass is 10.1. The highest BCUT2D eigenvalue weighted by Crippen LogP contribution is 2.29. The number of nitrogens with two attached hydrogens (primary N) is 1. The maximum atomic E-state index is 13.1. The SMILES string of the molecule is NC=O.Oc1ccc(-c2ccc(OCc3cc(C(F)(F)F)nn3C/C=C\C=C/C(Cl)Cl)cc2)cc1. The van der Waals surface area contributed by atoms with Crippen molar-refractivity contribution in [1.29, 1.82) is 0 Å². The molecule has 0 bridgehead atoms. The second-order valence-electron chi connectivity index (χ2n) is 6.84. The molecule has 11 heteroatoms. The van der Waals surface area contributed by atoms with E-state index in [9.17, 15) is 18.3 Å². The Morgan fingerprint density at radius 1 is 1.06 bits per heavy atom. The summed E-state index contributed by atoms with van der Waals surface area (Å²) in [6.07, 6.45) is 2.08. The number of ether oxygens (including phenoxy) is 1. The van der Waals surface area contributed by atoms with Crippen LogP contribution < -0.4 is 10.5 Å². The zero-order chi connectivity index (χ0) is 25.8. The van der Waals surface area contributed by atoms with Crippen LogP contribution in [0.2, 0.25) is 0 Å². The van der Waals surface area contributed by atoms with E-state index >= 15 is 0 Å². The molecule has 1 aromatic heterocycles. The number of aromatic nitrogens is 2. The van der Waals surface area contributed by atoms with Gasteiger partial charge in [0.1, 0.15) is 22.9 Å². The van der Waals surface area contributed by atoms with Gasteiger partial charge in [0, 0.05) is 0 Å². The number of rotatable bonds is 8. The van der Waals surface area contributed by atoms with E-state index in [0.29, 0.717) is 5.75 Å². The van der Waals surface area contributed by atoms with Gasteiger partial charge in [0.2, 0.25) is 6.41 Å². The van der Waals surface area contributed by atoms with E-state index in [-0.39, 0.29) is 31.0 Å². The van der Waals surface area contributed by atoms with Gasteiger partial charge >= 0.3 is 6.18 Å². The average Bonchev–Trinajstić information content (AvgIpc) is 3.22. The number of allylic oxidation sites excluding steroid dienone is 4. The lowest BCUT2D eigenvalue weighted by Gasteiger charge is -2.09. The van der Waals surface area contributed by atoms with E-state index in [2.05, 4.69) is 10.8 Å². The van der Waals surface area contributed by atoms with Gasteiger partial charge in [0.15, 0.2) is 5.69 Å². The second kappa shape index (κ2) is 13.5. The first-order chi connectivity index (χ1) is 16.6. The summed E-state index contributed by atoms with van der Waals surface area (Å²) in [6, 6.07) is 14.8. The predicted molar refractivity (Wildman–Crippen MR) is 129 cm³/mol. The van der Waals surface area contributed by atoms with Crippen molar-refractivity contribution in [3.05, 3.63) is 90.3 Å². The zero-order valence-corrected chi connectivity index (χ0v) is 19.7. The molecule has 3 rings (SSSR count). The Balaban J connectivity index is 0.00000137. The van der Waals surface area contributed by atoms with Gasteiger partial charge in [-0.3, -0.25) is 9.48 Å². The molecule has 0 aliphatic heterocycles. The molecule has 6 nitrogen and oxygen atoms in total. The monoisotopic (exact) mass is 527 g/mol. The van der Waals surface area contributed by atoms with Crippen LogP contribution in [0.25, 0.3) is 11.1 Å². The van der Waals surface area contributed by atoms with Crippen molar-refractivity contribution in [2.75, 3.05) is 0 Å². The number of phenols is 1. The molecule has 0 saturated carbocycles. The highest BCUT2D eigenvalue weighted by Gasteiger charge is 2.34. The number of primary amides is 1. The fourth-order valence-electron chi connectivity index (χ4n) is 2.81. The van der Waals surface area contributed by atoms with E-state index in [1.54, 1.807) is 54.6 Å². The van der Waals surface area contributed by atoms with Crippen LogP contribution in [0, 0.1) is 0 Å². The molecular weight excluding hydrogens is 506 g/mol. The van der Waals surface area contributed by atoms with Crippen molar-refractivity contribution < 1.29 is 27.8 Å². The standard InChI is InChI=1S/C23H19Cl2F3N2O2.CH3NO/c24-22(25)4-2-1-3-13-30-18(14-21(29-30)23(26,27)28)15-32-20-11-7-17(8-12-20)16-5-9-19(31)10-6-16;2-1-3/h1-12,14,22,31H,13,15H2;1H,(H2,2,3)/b3-1-,4-2-;. The van der Waals surface area contributed by atoms with Crippen LogP contribution in [0.3, 0.4) is 0 Å². The third-order valence-corrected chi connectivity index (χ3v) is 4.67. The van der Waals surface area contributed by atoms with Crippen molar-refractivity contribution in [2.24, 2.45) is 5.73 Å². The number of alkyl halides is 5. The number of aromatic hydroxyl groups is 1. The van der Waals surface area contributed by atoms with Crippen molar-refractivity contribution in [3.63, 3.8) is 0 Å². The minimum Gasteiger partial charge on any atom is -0.508 e. The van der Waals surface area contributed by atoms with Gasteiger partial charge in [-0.15, -0.1) is 23.2 Å². The largest absolute Gasteiger partial charge is 0.508 e. The fourth-order valence-corrected chi connectivity index (χ4v) is 2.98. The van der Waals surface area contributed by atoms with Crippen molar-refractivity contribution in [1.82, 2.24) is 9.78 Å². The van der Waals surface area contributed by atoms with Crippen molar-refractivity contribution >= 4 is 29.6 Å². The predicted octanol–water partition coefficient (Wildman–Crippen LogP) is 5.87. The Labute approximate surface area is 210 Å². The first kappa shape index (κ1) is 27.8. The maximum Gasteiger partial charge on any atom is 0.435 e. The average molecular weight is 528 g/mol. The lowest BCUT2D eigenvalue weighted by molar-refractivity contribution is -0.141. The van der Waals surface area contributed by atoms with Crippen LogP contribution in [0.5, 0.6) is 11.5 Å². The van der Waals surface area contributed by atoms with E-state index in [1.165, 1.54) is 10.8 Å². The molecule has 35 heavy (non-hydrogen) atoms. The Bertz CT molecular complexity index is 1130. The highest BCUT2D eigenvalue weighted by molar-refractivity contribution is 6.45. The normalized spacial score (nSPS) is 11.6. The van der Waals surface area contributed by atoms with E-state index < -0.39 is 16.7 Å². The molecule has 1 amide bonds. The van der Waals surface area contributed by atoms with Crippen LogP contribution in [-0.4, -0.2) is 26.1 Å². The minimum absolute atomic E-state index is 0.0866. The molecule has 0 saturated heterocycles. The van der Waals surface area contributed by atoms with Crippen molar-refractivity contribution in [2.45, 2.75) is 24.2 Å². The van der Waals surface area contributed by atoms with Crippen LogP contribution in [0.1, 0.15) is 11.4 Å². The molecule has 0 atom stereocenters. The molecule has 0 fully saturated rings. The summed E-state index contributed by atoms with van der Waals surface area (Å²) in [5.74, 6) is 0.680. The molecule has 186 valence electrons. The summed E-state index contributed by atoms with van der Waals surface area (Å²) in [5.41, 5.74) is 5.29. The summed E-state index contributed by atoms with van der Waals surface area (Å²) in [5, 5.41) is 13.0. The number of nitrogens with zero attached hydrogens (tertiary/aromatic N) is 2. The van der Waals surface area contributed by atoms with Gasteiger partial charge in [0.05, 0.1) is 12.2 Å². The maximum absolute atomic E-state index is 13.1. The molecule has 3 aromatic rings. The molecule has 0 spiro atoms. The van der Waals surface area contributed by atoms with Crippen LogP contribution in [0.4, 0.5) is 13.2 Å². The first-order valence-corrected chi connectivity index (χ1v) is 10.9. The number of halogens is 5. The molecule has 0 aliphatic carbocycles. The molecule has 3 N–H and O–H groups in total. The lowest BCUT2D eigenvalue weighted by Crippen LogP contribution is -2.09. The van der Waals surface area contributed by atoms with Gasteiger partial charge in [-0.25, -0.2) is 0 Å². The van der Waals surface area contributed by atoms with Gasteiger partial charge in [-0.1, -0.05) is 48.6 Å². The molecule has 0 radical (unpaired) electrons. The third kappa shape index (κ3) is 9.38. The van der Waals surface area contributed by atoms with Crippen LogP contribution in [-0.2, 0) is 24.1 Å². The van der Waals surface area contributed by atoms with E-state index in [4.69, 9.17) is 32.7 Å². The van der Waals surface area contributed by atoms with Gasteiger partial charge in [-0.2, -0.15) is 18.3 Å². The topological polar surface area (TPSA) is 90.4 Å². The summed E-state index contributed by atoms with van der Waals surface area (Å²) >= 11 is 11.2. The molecule has 2 aromatic carbocycles. The number of hydrogen-bond donors (Lipinski definition) is 2. The second-order valence-corrected chi connectivity index (χ2v) is 8.01. The molecular formula is C24H22Cl2F3N3O3. The van der Waals surface area contributed by atoms with Gasteiger partial charge in [-0.05, 0) is 41.5 Å². The fraction of sp³-hybridized carbons (Fsp3) is 0.167. The van der Waals surface area contributed by atoms with Gasteiger partial charge in [0.25, 0.3) is 0 Å². The molecule has 0 aliphatic rings. The Kier molecular flexibility index (Phi) is 10.7. The van der Waals surface area contributed by atoms with Crippen molar-refractivity contribution in [3.8, 4) is 22.6 Å². The van der Waals surface area contributed by atoms with Gasteiger partial charge < -0.3 is 15.6 Å². The first-order valence-electron chi connectivity index (χ1n) is 10.1. The summed E-state index contributed by atoms with van der Waals surface area (Å²) in [7, 11) is 0. The zero-order valence-electron chi connectivity index (χ0n) is 18.2. The number of carbonyl (C=O) groups excluding carboxylic acids is 1. The third-order valence-electron chi connectivity index (χ3n) is 4.38. The van der Waals surface area contributed by atoms with Crippen LogP contribution >= 0.6 is 23.2 Å². The molecule has 1 heterocycles. The quantitative estimate of drug-likeness (QED) is 0.217.